The average Bonchev–Trinajstić information content (AvgIpc) is 3.04. The summed E-state index contributed by atoms with van der Waals surface area (Å²) in [5.41, 5.74) is 6.89. The van der Waals surface area contributed by atoms with Gasteiger partial charge in [-0.3, -0.25) is 14.2 Å². The number of fused-ring (bicyclic) bond motifs is 1. The second-order valence-corrected chi connectivity index (χ2v) is 5.72. The molecule has 2 aromatic rings. The van der Waals surface area contributed by atoms with Gasteiger partial charge in [-0.2, -0.15) is 0 Å². The van der Waals surface area contributed by atoms with E-state index in [0.717, 1.165) is 4.57 Å². The van der Waals surface area contributed by atoms with E-state index in [1.807, 2.05) is 0 Å². The van der Waals surface area contributed by atoms with Crippen molar-refractivity contribution in [1.82, 2.24) is 9.13 Å². The second kappa shape index (κ2) is 6.06. The average molecular weight is 331 g/mol. The largest absolute Gasteiger partial charge is 0.480 e. The van der Waals surface area contributed by atoms with Gasteiger partial charge in [-0.05, 0) is 24.1 Å². The molecule has 0 fully saturated rings. The molecular weight excluding hydrogens is 314 g/mol. The first-order valence-electron chi connectivity index (χ1n) is 7.39. The number of hydrogen-bond donors (Lipinski definition) is 2. The van der Waals surface area contributed by atoms with Gasteiger partial charge in [0.25, 0.3) is 5.56 Å². The fourth-order valence-corrected chi connectivity index (χ4v) is 2.74. The summed E-state index contributed by atoms with van der Waals surface area (Å²) in [6.07, 6.45) is 0.167. The Morgan fingerprint density at radius 1 is 1.29 bits per heavy atom. The summed E-state index contributed by atoms with van der Waals surface area (Å²) in [5, 5.41) is 8.84. The molecule has 2 heterocycles. The van der Waals surface area contributed by atoms with Crippen LogP contribution in [0.4, 0.5) is 0 Å². The molecule has 0 unspecified atom stereocenters. The predicted octanol–water partition coefficient (Wildman–Crippen LogP) is -0.479. The second-order valence-electron chi connectivity index (χ2n) is 5.72. The van der Waals surface area contributed by atoms with Crippen LogP contribution in [-0.2, 0) is 36.2 Å². The van der Waals surface area contributed by atoms with Gasteiger partial charge in [0.05, 0.1) is 30.2 Å². The van der Waals surface area contributed by atoms with E-state index in [0.29, 0.717) is 22.5 Å². The molecule has 0 saturated carbocycles. The standard InChI is InChI=1S/C16H17N3O5/c1-18-13-8-24-7-11(13)14(20)19(16(18)23)10-4-2-9(3-5-10)6-12(17)15(21)22/h2-5,12H,6-8,17H2,1H3,(H,21,22)/t12-/m0/s1. The highest BCUT2D eigenvalue weighted by Crippen LogP contribution is 2.15. The minimum Gasteiger partial charge on any atom is -0.480 e. The maximum Gasteiger partial charge on any atom is 0.335 e. The van der Waals surface area contributed by atoms with Crippen LogP contribution in [0.15, 0.2) is 33.9 Å². The third kappa shape index (κ3) is 2.66. The summed E-state index contributed by atoms with van der Waals surface area (Å²) in [5.74, 6) is -1.08. The first-order chi connectivity index (χ1) is 11.4. The maximum atomic E-state index is 12.6. The van der Waals surface area contributed by atoms with E-state index in [-0.39, 0.29) is 25.2 Å². The number of carboxylic acid groups (broad SMARTS) is 1. The van der Waals surface area contributed by atoms with Crippen molar-refractivity contribution >= 4 is 5.97 Å². The number of carboxylic acids is 1. The lowest BCUT2D eigenvalue weighted by atomic mass is 10.1. The van der Waals surface area contributed by atoms with Crippen LogP contribution in [-0.4, -0.2) is 26.3 Å². The van der Waals surface area contributed by atoms with E-state index in [1.165, 1.54) is 4.57 Å². The number of benzene rings is 1. The smallest absolute Gasteiger partial charge is 0.335 e. The lowest BCUT2D eigenvalue weighted by molar-refractivity contribution is -0.138. The highest BCUT2D eigenvalue weighted by Gasteiger charge is 2.22. The van der Waals surface area contributed by atoms with Crippen LogP contribution >= 0.6 is 0 Å². The Bertz CT molecular complexity index is 911. The molecule has 3 rings (SSSR count). The highest BCUT2D eigenvalue weighted by molar-refractivity contribution is 5.73. The van der Waals surface area contributed by atoms with Gasteiger partial charge < -0.3 is 15.6 Å². The molecule has 0 spiro atoms. The van der Waals surface area contributed by atoms with Crippen molar-refractivity contribution in [2.75, 3.05) is 0 Å². The lowest BCUT2D eigenvalue weighted by Crippen LogP contribution is -2.40. The van der Waals surface area contributed by atoms with Gasteiger partial charge >= 0.3 is 11.7 Å². The highest BCUT2D eigenvalue weighted by atomic mass is 16.5. The molecule has 8 heteroatoms. The quantitative estimate of drug-likeness (QED) is 0.782. The van der Waals surface area contributed by atoms with Crippen molar-refractivity contribution in [2.24, 2.45) is 12.8 Å². The fraction of sp³-hybridized carbons (Fsp3) is 0.312. The molecule has 0 amide bonds. The zero-order chi connectivity index (χ0) is 17.4. The molecule has 8 nitrogen and oxygen atoms in total. The van der Waals surface area contributed by atoms with Crippen molar-refractivity contribution in [3.8, 4) is 5.69 Å². The van der Waals surface area contributed by atoms with Crippen LogP contribution in [0.2, 0.25) is 0 Å². The van der Waals surface area contributed by atoms with Gasteiger partial charge in [0.15, 0.2) is 0 Å². The molecule has 0 aliphatic carbocycles. The van der Waals surface area contributed by atoms with Crippen molar-refractivity contribution in [3.63, 3.8) is 0 Å². The van der Waals surface area contributed by atoms with Gasteiger partial charge in [0.1, 0.15) is 6.04 Å². The molecule has 1 atom stereocenters. The number of aromatic nitrogens is 2. The topological polar surface area (TPSA) is 117 Å². The summed E-state index contributed by atoms with van der Waals surface area (Å²) < 4.78 is 7.77. The molecule has 3 N–H and O–H groups in total. The Labute approximate surface area is 136 Å². The Balaban J connectivity index is 2.02. The molecule has 0 saturated heterocycles. The third-order valence-electron chi connectivity index (χ3n) is 4.15. The van der Waals surface area contributed by atoms with E-state index in [1.54, 1.807) is 31.3 Å². The maximum absolute atomic E-state index is 12.6. The van der Waals surface area contributed by atoms with Gasteiger partial charge in [-0.1, -0.05) is 12.1 Å². The normalized spacial score (nSPS) is 14.4. The first-order valence-corrected chi connectivity index (χ1v) is 7.39. The zero-order valence-electron chi connectivity index (χ0n) is 13.1. The lowest BCUT2D eigenvalue weighted by Gasteiger charge is -2.12. The molecule has 24 heavy (non-hydrogen) atoms. The fourth-order valence-electron chi connectivity index (χ4n) is 2.74. The van der Waals surface area contributed by atoms with E-state index >= 15 is 0 Å². The Hall–Kier alpha value is -2.71. The monoisotopic (exact) mass is 331 g/mol. The first kappa shape index (κ1) is 16.2. The van der Waals surface area contributed by atoms with Crippen molar-refractivity contribution in [1.29, 1.82) is 0 Å². The minimum absolute atomic E-state index is 0.167. The molecule has 1 aliphatic rings. The van der Waals surface area contributed by atoms with Gasteiger partial charge in [0.2, 0.25) is 0 Å². The summed E-state index contributed by atoms with van der Waals surface area (Å²) >= 11 is 0. The number of rotatable bonds is 4. The van der Waals surface area contributed by atoms with Gasteiger partial charge in [0, 0.05) is 7.05 Å². The molecule has 126 valence electrons. The van der Waals surface area contributed by atoms with Gasteiger partial charge in [-0.15, -0.1) is 0 Å². The Morgan fingerprint density at radius 2 is 1.96 bits per heavy atom. The molecule has 0 radical (unpaired) electrons. The van der Waals surface area contributed by atoms with Crippen LogP contribution in [0, 0.1) is 0 Å². The Morgan fingerprint density at radius 3 is 2.58 bits per heavy atom. The van der Waals surface area contributed by atoms with Gasteiger partial charge in [-0.25, -0.2) is 9.36 Å². The number of hydrogen-bond acceptors (Lipinski definition) is 5. The SMILES string of the molecule is Cn1c2c(c(=O)n(-c3ccc(C[C@H](N)C(=O)O)cc3)c1=O)COC2. The molecule has 1 aromatic carbocycles. The number of nitrogens with two attached hydrogens (primary N) is 1. The molecule has 1 aliphatic heterocycles. The Kier molecular flexibility index (Phi) is 4.08. The number of ether oxygens (including phenoxy) is 1. The van der Waals surface area contributed by atoms with Crippen LogP contribution in [0.1, 0.15) is 16.8 Å². The van der Waals surface area contributed by atoms with Crippen molar-refractivity contribution in [3.05, 3.63) is 61.9 Å². The zero-order valence-corrected chi connectivity index (χ0v) is 13.1. The molecule has 1 aromatic heterocycles. The molecule has 0 bridgehead atoms. The van der Waals surface area contributed by atoms with Crippen molar-refractivity contribution in [2.45, 2.75) is 25.7 Å². The predicted molar refractivity (Wildman–Crippen MR) is 85.1 cm³/mol. The van der Waals surface area contributed by atoms with Crippen LogP contribution < -0.4 is 17.0 Å². The summed E-state index contributed by atoms with van der Waals surface area (Å²) in [6.45, 7) is 0.441. The summed E-state index contributed by atoms with van der Waals surface area (Å²) in [4.78, 5) is 35.8. The van der Waals surface area contributed by atoms with E-state index in [2.05, 4.69) is 0 Å². The van der Waals surface area contributed by atoms with E-state index < -0.39 is 17.7 Å². The van der Waals surface area contributed by atoms with Crippen LogP contribution in [0.5, 0.6) is 0 Å². The summed E-state index contributed by atoms with van der Waals surface area (Å²) in [6, 6.07) is 5.54. The van der Waals surface area contributed by atoms with Crippen LogP contribution in [0.3, 0.4) is 0 Å². The molecular formula is C16H17N3O5. The summed E-state index contributed by atoms with van der Waals surface area (Å²) in [7, 11) is 1.60. The number of nitrogens with zero attached hydrogens (tertiary/aromatic N) is 2. The van der Waals surface area contributed by atoms with Crippen molar-refractivity contribution < 1.29 is 14.6 Å². The number of carbonyl (C=O) groups is 1. The van der Waals surface area contributed by atoms with E-state index in [9.17, 15) is 14.4 Å². The van der Waals surface area contributed by atoms with E-state index in [4.69, 9.17) is 15.6 Å². The minimum atomic E-state index is -1.08. The number of aliphatic carboxylic acids is 1. The van der Waals surface area contributed by atoms with Crippen LogP contribution in [0.25, 0.3) is 5.69 Å². The third-order valence-corrected chi connectivity index (χ3v) is 4.15.